The Kier molecular flexibility index (Phi) is 3.52. The van der Waals surface area contributed by atoms with Gasteiger partial charge < -0.3 is 9.47 Å². The van der Waals surface area contributed by atoms with Gasteiger partial charge in [0.05, 0.1) is 6.61 Å². The molecule has 1 saturated heterocycles. The SMILES string of the molecule is CC1(C)OCC(C(F)Sc2ccccc2)O1. The lowest BCUT2D eigenvalue weighted by molar-refractivity contribution is -0.141. The fourth-order valence-corrected chi connectivity index (χ4v) is 2.41. The Bertz CT molecular complexity index is 342. The maximum Gasteiger partial charge on any atom is 0.178 e. The quantitative estimate of drug-likeness (QED) is 0.758. The lowest BCUT2D eigenvalue weighted by Crippen LogP contribution is -2.26. The summed E-state index contributed by atoms with van der Waals surface area (Å²) in [5.41, 5.74) is -1.09. The molecule has 0 bridgehead atoms. The highest BCUT2D eigenvalue weighted by Crippen LogP contribution is 2.33. The van der Waals surface area contributed by atoms with Crippen molar-refractivity contribution in [3.8, 4) is 0 Å². The van der Waals surface area contributed by atoms with Gasteiger partial charge >= 0.3 is 0 Å². The van der Waals surface area contributed by atoms with E-state index in [-0.39, 0.29) is 0 Å². The Morgan fingerprint density at radius 3 is 2.62 bits per heavy atom. The molecule has 0 spiro atoms. The van der Waals surface area contributed by atoms with Gasteiger partial charge in [0.1, 0.15) is 6.10 Å². The van der Waals surface area contributed by atoms with Crippen LogP contribution in [0.2, 0.25) is 0 Å². The van der Waals surface area contributed by atoms with Crippen molar-refractivity contribution in [2.24, 2.45) is 0 Å². The second-order valence-electron chi connectivity index (χ2n) is 4.15. The first-order valence-corrected chi connectivity index (χ1v) is 6.12. The normalized spacial score (nSPS) is 25.6. The molecule has 0 N–H and O–H groups in total. The summed E-state index contributed by atoms with van der Waals surface area (Å²) in [7, 11) is 0. The fraction of sp³-hybridized carbons (Fsp3) is 0.500. The van der Waals surface area contributed by atoms with E-state index in [0.717, 1.165) is 4.90 Å². The first-order chi connectivity index (χ1) is 7.57. The van der Waals surface area contributed by atoms with Crippen LogP contribution in [-0.4, -0.2) is 24.0 Å². The summed E-state index contributed by atoms with van der Waals surface area (Å²) in [4.78, 5) is 0.906. The Balaban J connectivity index is 1.92. The van der Waals surface area contributed by atoms with E-state index in [2.05, 4.69) is 0 Å². The van der Waals surface area contributed by atoms with Gasteiger partial charge in [-0.1, -0.05) is 30.0 Å². The zero-order valence-corrected chi connectivity index (χ0v) is 10.2. The number of alkyl halides is 1. The number of hydrogen-bond donors (Lipinski definition) is 0. The average Bonchev–Trinajstić information content (AvgIpc) is 2.60. The Morgan fingerprint density at radius 1 is 1.38 bits per heavy atom. The summed E-state index contributed by atoms with van der Waals surface area (Å²) in [5, 5.41) is 0. The topological polar surface area (TPSA) is 18.5 Å². The van der Waals surface area contributed by atoms with Gasteiger partial charge in [-0.2, -0.15) is 0 Å². The highest BCUT2D eigenvalue weighted by atomic mass is 32.2. The number of benzene rings is 1. The van der Waals surface area contributed by atoms with Crippen molar-refractivity contribution >= 4 is 11.8 Å². The molecule has 88 valence electrons. The minimum atomic E-state index is -1.09. The van der Waals surface area contributed by atoms with Crippen molar-refractivity contribution in [3.63, 3.8) is 0 Å². The molecule has 1 heterocycles. The Morgan fingerprint density at radius 2 is 2.06 bits per heavy atom. The van der Waals surface area contributed by atoms with Crippen molar-refractivity contribution in [1.29, 1.82) is 0 Å². The van der Waals surface area contributed by atoms with E-state index in [1.54, 1.807) is 13.8 Å². The third-order valence-corrected chi connectivity index (χ3v) is 3.39. The zero-order valence-electron chi connectivity index (χ0n) is 9.35. The predicted octanol–water partition coefficient (Wildman–Crippen LogP) is 3.23. The molecule has 1 aliphatic heterocycles. The van der Waals surface area contributed by atoms with E-state index in [1.807, 2.05) is 30.3 Å². The van der Waals surface area contributed by atoms with Crippen molar-refractivity contribution in [3.05, 3.63) is 30.3 Å². The first kappa shape index (κ1) is 11.9. The van der Waals surface area contributed by atoms with Crippen LogP contribution in [0.25, 0.3) is 0 Å². The minimum Gasteiger partial charge on any atom is -0.348 e. The van der Waals surface area contributed by atoms with Crippen LogP contribution in [0.1, 0.15) is 13.8 Å². The van der Waals surface area contributed by atoms with Crippen LogP contribution in [0.4, 0.5) is 4.39 Å². The lowest BCUT2D eigenvalue weighted by Gasteiger charge is -2.18. The molecule has 1 aromatic rings. The third kappa shape index (κ3) is 2.97. The molecular formula is C12H15FO2S. The van der Waals surface area contributed by atoms with Crippen LogP contribution >= 0.6 is 11.8 Å². The number of ether oxygens (including phenoxy) is 2. The maximum absolute atomic E-state index is 13.9. The highest BCUT2D eigenvalue weighted by molar-refractivity contribution is 7.99. The van der Waals surface area contributed by atoms with Crippen LogP contribution in [-0.2, 0) is 9.47 Å². The maximum atomic E-state index is 13.9. The summed E-state index contributed by atoms with van der Waals surface area (Å²) in [6.45, 7) is 3.91. The molecule has 0 saturated carbocycles. The monoisotopic (exact) mass is 242 g/mol. The predicted molar refractivity (Wildman–Crippen MR) is 62.1 cm³/mol. The highest BCUT2D eigenvalue weighted by Gasteiger charge is 2.38. The second-order valence-corrected chi connectivity index (χ2v) is 5.31. The Labute approximate surface area is 99.1 Å². The molecule has 0 radical (unpaired) electrons. The van der Waals surface area contributed by atoms with Gasteiger partial charge in [0.2, 0.25) is 0 Å². The average molecular weight is 242 g/mol. The standard InChI is InChI=1S/C12H15FO2S/c1-12(2)14-8-10(15-12)11(13)16-9-6-4-3-5-7-9/h3-7,10-11H,8H2,1-2H3. The van der Waals surface area contributed by atoms with Crippen LogP contribution in [0.3, 0.4) is 0 Å². The smallest absolute Gasteiger partial charge is 0.178 e. The van der Waals surface area contributed by atoms with Gasteiger partial charge in [0, 0.05) is 4.90 Å². The van der Waals surface area contributed by atoms with Gasteiger partial charge in [0.15, 0.2) is 11.3 Å². The van der Waals surface area contributed by atoms with Gasteiger partial charge in [-0.15, -0.1) is 0 Å². The molecule has 4 heteroatoms. The van der Waals surface area contributed by atoms with E-state index in [9.17, 15) is 4.39 Å². The molecule has 0 aromatic heterocycles. The number of thioether (sulfide) groups is 1. The van der Waals surface area contributed by atoms with Gasteiger partial charge in [0.25, 0.3) is 0 Å². The summed E-state index contributed by atoms with van der Waals surface area (Å²) < 4.78 is 24.7. The van der Waals surface area contributed by atoms with Crippen LogP contribution in [0.5, 0.6) is 0 Å². The molecule has 2 rings (SSSR count). The number of hydrogen-bond acceptors (Lipinski definition) is 3. The molecule has 1 aliphatic rings. The van der Waals surface area contributed by atoms with E-state index >= 15 is 0 Å². The molecule has 2 unspecified atom stereocenters. The minimum absolute atomic E-state index is 0.313. The summed E-state index contributed by atoms with van der Waals surface area (Å²) in [6.07, 6.45) is -0.486. The second kappa shape index (κ2) is 4.73. The number of halogens is 1. The van der Waals surface area contributed by atoms with E-state index < -0.39 is 17.4 Å². The van der Waals surface area contributed by atoms with Crippen LogP contribution in [0, 0.1) is 0 Å². The summed E-state index contributed by atoms with van der Waals surface area (Å²) in [6, 6.07) is 9.47. The number of rotatable bonds is 3. The first-order valence-electron chi connectivity index (χ1n) is 5.24. The molecule has 1 fully saturated rings. The fourth-order valence-electron chi connectivity index (χ4n) is 1.55. The van der Waals surface area contributed by atoms with Crippen molar-refractivity contribution in [2.45, 2.75) is 36.1 Å². The summed E-state index contributed by atoms with van der Waals surface area (Å²) in [5.74, 6) is -0.660. The molecule has 0 amide bonds. The molecule has 16 heavy (non-hydrogen) atoms. The largest absolute Gasteiger partial charge is 0.348 e. The van der Waals surface area contributed by atoms with E-state index in [4.69, 9.17) is 9.47 Å². The van der Waals surface area contributed by atoms with Crippen LogP contribution < -0.4 is 0 Å². The van der Waals surface area contributed by atoms with E-state index in [0.29, 0.717) is 6.61 Å². The molecule has 0 aliphatic carbocycles. The van der Waals surface area contributed by atoms with Crippen molar-refractivity contribution in [2.75, 3.05) is 6.61 Å². The van der Waals surface area contributed by atoms with Crippen LogP contribution in [0.15, 0.2) is 35.2 Å². The van der Waals surface area contributed by atoms with Crippen molar-refractivity contribution < 1.29 is 13.9 Å². The lowest BCUT2D eigenvalue weighted by atomic mass is 10.4. The summed E-state index contributed by atoms with van der Waals surface area (Å²) >= 11 is 1.17. The zero-order chi connectivity index (χ0) is 11.6. The third-order valence-electron chi connectivity index (χ3n) is 2.31. The van der Waals surface area contributed by atoms with Gasteiger partial charge in [-0.25, -0.2) is 4.39 Å². The Hall–Kier alpha value is -0.580. The molecule has 2 nitrogen and oxygen atoms in total. The van der Waals surface area contributed by atoms with E-state index in [1.165, 1.54) is 11.8 Å². The van der Waals surface area contributed by atoms with Gasteiger partial charge in [-0.3, -0.25) is 0 Å². The molecule has 1 aromatic carbocycles. The molecular weight excluding hydrogens is 227 g/mol. The van der Waals surface area contributed by atoms with Crippen molar-refractivity contribution in [1.82, 2.24) is 0 Å². The van der Waals surface area contributed by atoms with Gasteiger partial charge in [-0.05, 0) is 26.0 Å². The molecule has 2 atom stereocenters.